The third-order valence-electron chi connectivity index (χ3n) is 2.96. The number of halogens is 1. The highest BCUT2D eigenvalue weighted by Gasteiger charge is 2.03. The number of aryl methyl sites for hydroxylation is 1. The number of unbranched alkanes of at least 4 members (excludes halogenated alkanes) is 3. The van der Waals surface area contributed by atoms with Crippen LogP contribution in [0.5, 0.6) is 0 Å². The molecule has 0 atom stereocenters. The minimum Gasteiger partial charge on any atom is -0.398 e. The number of nitrogen functional groups attached to an aromatic ring is 1. The average molecular weight is 299 g/mol. The lowest BCUT2D eigenvalue weighted by Gasteiger charge is -2.10. The lowest BCUT2D eigenvalue weighted by Crippen LogP contribution is -2.16. The van der Waals surface area contributed by atoms with E-state index in [1.807, 2.05) is 6.92 Å². The summed E-state index contributed by atoms with van der Waals surface area (Å²) in [6, 6.07) is 4.15. The van der Waals surface area contributed by atoms with Gasteiger partial charge in [-0.15, -0.1) is 0 Å². The molecule has 0 saturated carbocycles. The molecule has 3 heteroatoms. The van der Waals surface area contributed by atoms with Gasteiger partial charge in [0, 0.05) is 16.7 Å². The van der Waals surface area contributed by atoms with E-state index in [0.29, 0.717) is 0 Å². The summed E-state index contributed by atoms with van der Waals surface area (Å²) in [4.78, 5) is 0. The average Bonchev–Trinajstić information content (AvgIpc) is 2.29. The van der Waals surface area contributed by atoms with Gasteiger partial charge in [-0.05, 0) is 43.1 Å². The SMILES string of the molecule is CCCCCCNCc1cc(Br)cc(C)c1N. The third kappa shape index (κ3) is 5.09. The molecule has 1 aromatic carbocycles. The van der Waals surface area contributed by atoms with Crippen molar-refractivity contribution in [2.75, 3.05) is 12.3 Å². The summed E-state index contributed by atoms with van der Waals surface area (Å²) in [6.07, 6.45) is 5.19. The van der Waals surface area contributed by atoms with Crippen LogP contribution in [0.25, 0.3) is 0 Å². The topological polar surface area (TPSA) is 38.0 Å². The lowest BCUT2D eigenvalue weighted by molar-refractivity contribution is 0.598. The van der Waals surface area contributed by atoms with Crippen molar-refractivity contribution in [2.24, 2.45) is 0 Å². The second-order valence-electron chi connectivity index (χ2n) is 4.53. The fourth-order valence-electron chi connectivity index (χ4n) is 1.87. The van der Waals surface area contributed by atoms with Crippen LogP contribution in [0.1, 0.15) is 43.7 Å². The van der Waals surface area contributed by atoms with Crippen LogP contribution in [0.4, 0.5) is 5.69 Å². The molecular formula is C14H23BrN2. The van der Waals surface area contributed by atoms with Gasteiger partial charge in [-0.25, -0.2) is 0 Å². The Kier molecular flexibility index (Phi) is 6.60. The Labute approximate surface area is 113 Å². The summed E-state index contributed by atoms with van der Waals surface area (Å²) < 4.78 is 1.10. The van der Waals surface area contributed by atoms with Crippen molar-refractivity contribution in [3.8, 4) is 0 Å². The van der Waals surface area contributed by atoms with Crippen LogP contribution in [0.2, 0.25) is 0 Å². The van der Waals surface area contributed by atoms with Crippen molar-refractivity contribution in [1.29, 1.82) is 0 Å². The van der Waals surface area contributed by atoms with Crippen LogP contribution in [-0.4, -0.2) is 6.54 Å². The molecule has 0 aliphatic carbocycles. The largest absolute Gasteiger partial charge is 0.398 e. The van der Waals surface area contributed by atoms with Crippen molar-refractivity contribution in [3.63, 3.8) is 0 Å². The first kappa shape index (κ1) is 14.5. The first-order valence-electron chi connectivity index (χ1n) is 6.40. The molecule has 0 fully saturated rings. The lowest BCUT2D eigenvalue weighted by atomic mass is 10.1. The van der Waals surface area contributed by atoms with Crippen LogP contribution in [-0.2, 0) is 6.54 Å². The maximum atomic E-state index is 6.05. The van der Waals surface area contributed by atoms with E-state index in [9.17, 15) is 0 Å². The minimum atomic E-state index is 0.859. The van der Waals surface area contributed by atoms with Crippen LogP contribution < -0.4 is 11.1 Å². The Morgan fingerprint density at radius 3 is 2.71 bits per heavy atom. The van der Waals surface area contributed by atoms with Crippen LogP contribution in [0.3, 0.4) is 0 Å². The van der Waals surface area contributed by atoms with Gasteiger partial charge in [-0.3, -0.25) is 0 Å². The summed E-state index contributed by atoms with van der Waals surface area (Å²) >= 11 is 3.51. The number of nitrogens with one attached hydrogen (secondary N) is 1. The van der Waals surface area contributed by atoms with Gasteiger partial charge in [0.1, 0.15) is 0 Å². The standard InChI is InChI=1S/C14H23BrN2/c1-3-4-5-6-7-17-10-12-9-13(15)8-11(2)14(12)16/h8-9,17H,3-7,10,16H2,1-2H3. The summed E-state index contributed by atoms with van der Waals surface area (Å²) in [6.45, 7) is 6.21. The molecule has 0 aliphatic rings. The van der Waals surface area contributed by atoms with Crippen molar-refractivity contribution in [2.45, 2.75) is 46.1 Å². The van der Waals surface area contributed by atoms with Gasteiger partial charge in [0.2, 0.25) is 0 Å². The molecule has 0 radical (unpaired) electrons. The van der Waals surface area contributed by atoms with Crippen LogP contribution in [0.15, 0.2) is 16.6 Å². The molecule has 0 saturated heterocycles. The zero-order valence-electron chi connectivity index (χ0n) is 10.9. The van der Waals surface area contributed by atoms with E-state index >= 15 is 0 Å². The maximum absolute atomic E-state index is 6.05. The number of anilines is 1. The first-order chi connectivity index (χ1) is 8.15. The second kappa shape index (κ2) is 7.72. The molecule has 0 aliphatic heterocycles. The second-order valence-corrected chi connectivity index (χ2v) is 5.45. The first-order valence-corrected chi connectivity index (χ1v) is 7.19. The van der Waals surface area contributed by atoms with E-state index in [1.165, 1.54) is 31.2 Å². The zero-order valence-corrected chi connectivity index (χ0v) is 12.4. The monoisotopic (exact) mass is 298 g/mol. The summed E-state index contributed by atoms with van der Waals surface area (Å²) in [7, 11) is 0. The number of hydrogen-bond donors (Lipinski definition) is 2. The minimum absolute atomic E-state index is 0.859. The van der Waals surface area contributed by atoms with Gasteiger partial charge in [0.05, 0.1) is 0 Å². The molecule has 0 aromatic heterocycles. The van der Waals surface area contributed by atoms with Crippen molar-refractivity contribution >= 4 is 21.6 Å². The molecule has 2 nitrogen and oxygen atoms in total. The summed E-state index contributed by atoms with van der Waals surface area (Å²) in [5.74, 6) is 0. The molecule has 3 N–H and O–H groups in total. The highest BCUT2D eigenvalue weighted by Crippen LogP contribution is 2.22. The fourth-order valence-corrected chi connectivity index (χ4v) is 2.49. The van der Waals surface area contributed by atoms with E-state index in [0.717, 1.165) is 28.8 Å². The number of nitrogens with two attached hydrogens (primary N) is 1. The summed E-state index contributed by atoms with van der Waals surface area (Å²) in [5.41, 5.74) is 9.29. The molecule has 96 valence electrons. The van der Waals surface area contributed by atoms with E-state index < -0.39 is 0 Å². The highest BCUT2D eigenvalue weighted by atomic mass is 79.9. The smallest absolute Gasteiger partial charge is 0.0390 e. The van der Waals surface area contributed by atoms with Gasteiger partial charge in [0.15, 0.2) is 0 Å². The number of benzene rings is 1. The molecule has 1 aromatic rings. The maximum Gasteiger partial charge on any atom is 0.0390 e. The van der Waals surface area contributed by atoms with E-state index in [2.05, 4.69) is 40.3 Å². The fraction of sp³-hybridized carbons (Fsp3) is 0.571. The van der Waals surface area contributed by atoms with Gasteiger partial charge < -0.3 is 11.1 Å². The molecule has 0 bridgehead atoms. The van der Waals surface area contributed by atoms with Crippen molar-refractivity contribution < 1.29 is 0 Å². The molecule has 17 heavy (non-hydrogen) atoms. The Morgan fingerprint density at radius 1 is 1.24 bits per heavy atom. The van der Waals surface area contributed by atoms with Gasteiger partial charge in [-0.2, -0.15) is 0 Å². The van der Waals surface area contributed by atoms with Crippen molar-refractivity contribution in [3.05, 3.63) is 27.7 Å². The number of hydrogen-bond acceptors (Lipinski definition) is 2. The summed E-state index contributed by atoms with van der Waals surface area (Å²) in [5, 5.41) is 3.46. The van der Waals surface area contributed by atoms with E-state index in [-0.39, 0.29) is 0 Å². The zero-order chi connectivity index (χ0) is 12.7. The Morgan fingerprint density at radius 2 is 2.00 bits per heavy atom. The predicted octanol–water partition coefficient (Wildman–Crippen LogP) is 4.01. The molecule has 1 rings (SSSR count). The predicted molar refractivity (Wildman–Crippen MR) is 79.1 cm³/mol. The molecule has 0 unspecified atom stereocenters. The molecule has 0 amide bonds. The van der Waals surface area contributed by atoms with Gasteiger partial charge >= 0.3 is 0 Å². The van der Waals surface area contributed by atoms with Crippen LogP contribution in [0, 0.1) is 6.92 Å². The number of rotatable bonds is 7. The molecular weight excluding hydrogens is 276 g/mol. The van der Waals surface area contributed by atoms with Crippen molar-refractivity contribution in [1.82, 2.24) is 5.32 Å². The van der Waals surface area contributed by atoms with E-state index in [1.54, 1.807) is 0 Å². The normalized spacial score (nSPS) is 10.8. The van der Waals surface area contributed by atoms with E-state index in [4.69, 9.17) is 5.73 Å². The van der Waals surface area contributed by atoms with Gasteiger partial charge in [-0.1, -0.05) is 42.1 Å². The quantitative estimate of drug-likeness (QED) is 0.590. The molecule has 0 heterocycles. The Hall–Kier alpha value is -0.540. The molecule has 0 spiro atoms. The Balaban J connectivity index is 2.36. The Bertz CT molecular complexity index is 350. The van der Waals surface area contributed by atoms with Crippen LogP contribution >= 0.6 is 15.9 Å². The highest BCUT2D eigenvalue weighted by molar-refractivity contribution is 9.10. The third-order valence-corrected chi connectivity index (χ3v) is 3.42. The van der Waals surface area contributed by atoms with Gasteiger partial charge in [0.25, 0.3) is 0 Å².